The van der Waals surface area contributed by atoms with E-state index in [-0.39, 0.29) is 17.1 Å². The van der Waals surface area contributed by atoms with Crippen molar-refractivity contribution in [1.82, 2.24) is 9.88 Å². The molecule has 4 heteroatoms. The van der Waals surface area contributed by atoms with E-state index in [1.807, 2.05) is 24.5 Å². The van der Waals surface area contributed by atoms with Gasteiger partial charge in [-0.1, -0.05) is 12.1 Å². The average Bonchev–Trinajstić information content (AvgIpc) is 3.31. The molecule has 27 heavy (non-hydrogen) atoms. The van der Waals surface area contributed by atoms with Gasteiger partial charge in [-0.05, 0) is 83.5 Å². The maximum absolute atomic E-state index is 6.15. The quantitative estimate of drug-likeness (QED) is 0.604. The topological polar surface area (TPSA) is 25.4 Å². The number of pyridine rings is 1. The fourth-order valence-electron chi connectivity index (χ4n) is 4.38. The number of ether oxygens (including phenoxy) is 1. The lowest BCUT2D eigenvalue weighted by molar-refractivity contribution is -0.0291. The Morgan fingerprint density at radius 2 is 2.15 bits per heavy atom. The first-order valence-electron chi connectivity index (χ1n) is 10.2. The molecule has 0 spiro atoms. The zero-order valence-electron chi connectivity index (χ0n) is 17.5. The van der Waals surface area contributed by atoms with E-state index in [4.69, 9.17) is 4.74 Å². The summed E-state index contributed by atoms with van der Waals surface area (Å²) in [5.41, 5.74) is 2.57. The van der Waals surface area contributed by atoms with Gasteiger partial charge in [0.05, 0.1) is 6.10 Å². The molecule has 2 aromatic heterocycles. The van der Waals surface area contributed by atoms with E-state index in [0.29, 0.717) is 0 Å². The molecule has 0 bridgehead atoms. The first-order valence-corrected chi connectivity index (χ1v) is 11.1. The third kappa shape index (κ3) is 4.44. The van der Waals surface area contributed by atoms with Gasteiger partial charge in [0, 0.05) is 40.9 Å². The largest absolute Gasteiger partial charge is 0.378 e. The van der Waals surface area contributed by atoms with Crippen molar-refractivity contribution >= 4 is 11.3 Å². The highest BCUT2D eigenvalue weighted by Gasteiger charge is 2.46. The number of hydrogen-bond donors (Lipinski definition) is 0. The predicted molar refractivity (Wildman–Crippen MR) is 114 cm³/mol. The molecule has 1 fully saturated rings. The normalized spacial score (nSPS) is 22.3. The third-order valence-electron chi connectivity index (χ3n) is 6.52. The van der Waals surface area contributed by atoms with E-state index in [2.05, 4.69) is 67.2 Å². The second-order valence-electron chi connectivity index (χ2n) is 8.46. The number of hydrogen-bond acceptors (Lipinski definition) is 4. The van der Waals surface area contributed by atoms with Crippen molar-refractivity contribution in [3.8, 4) is 0 Å². The molecule has 1 unspecified atom stereocenters. The second kappa shape index (κ2) is 8.42. The van der Waals surface area contributed by atoms with Crippen molar-refractivity contribution in [2.45, 2.75) is 65.5 Å². The summed E-state index contributed by atoms with van der Waals surface area (Å²) in [4.78, 5) is 8.66. The van der Waals surface area contributed by atoms with Gasteiger partial charge in [0.15, 0.2) is 0 Å². The standard InChI is InChI=1S/C23H34N2OS/c1-6-26-19(3)23(12-11-21-8-7-15-27-21)13-14-25(17-23)22(4,5)20-10-9-18(2)24-16-20/h7-10,15-16,19H,6,11-14,17H2,1-5H3/t19-,23?/m0/s1. The van der Waals surface area contributed by atoms with E-state index >= 15 is 0 Å². The minimum Gasteiger partial charge on any atom is -0.378 e. The molecule has 3 heterocycles. The Balaban J connectivity index is 1.78. The highest BCUT2D eigenvalue weighted by atomic mass is 32.1. The maximum atomic E-state index is 6.15. The Bertz CT molecular complexity index is 710. The van der Waals surface area contributed by atoms with Crippen molar-refractivity contribution in [3.05, 3.63) is 52.0 Å². The van der Waals surface area contributed by atoms with Crippen molar-refractivity contribution in [1.29, 1.82) is 0 Å². The summed E-state index contributed by atoms with van der Waals surface area (Å²) in [5.74, 6) is 0. The van der Waals surface area contributed by atoms with E-state index in [1.54, 1.807) is 0 Å². The molecule has 0 aliphatic carbocycles. The molecule has 0 amide bonds. The summed E-state index contributed by atoms with van der Waals surface area (Å²) in [6.45, 7) is 14.1. The highest BCUT2D eigenvalue weighted by Crippen LogP contribution is 2.44. The van der Waals surface area contributed by atoms with Crippen LogP contribution >= 0.6 is 11.3 Å². The van der Waals surface area contributed by atoms with Crippen LogP contribution in [-0.2, 0) is 16.7 Å². The fraction of sp³-hybridized carbons (Fsp3) is 0.609. The summed E-state index contributed by atoms with van der Waals surface area (Å²) in [6, 6.07) is 8.78. The molecular formula is C23H34N2OS. The van der Waals surface area contributed by atoms with Crippen LogP contribution in [0.1, 0.15) is 56.7 Å². The molecule has 1 aliphatic heterocycles. The van der Waals surface area contributed by atoms with Gasteiger partial charge in [-0.25, -0.2) is 0 Å². The zero-order chi connectivity index (χ0) is 19.5. The van der Waals surface area contributed by atoms with E-state index in [1.165, 1.54) is 23.3 Å². The van der Waals surface area contributed by atoms with Gasteiger partial charge >= 0.3 is 0 Å². The summed E-state index contributed by atoms with van der Waals surface area (Å²) in [5, 5.41) is 2.18. The molecular weight excluding hydrogens is 352 g/mol. The number of thiophene rings is 1. The van der Waals surface area contributed by atoms with Gasteiger partial charge in [0.2, 0.25) is 0 Å². The van der Waals surface area contributed by atoms with Gasteiger partial charge in [-0.2, -0.15) is 0 Å². The molecule has 1 saturated heterocycles. The van der Waals surface area contributed by atoms with Gasteiger partial charge < -0.3 is 4.74 Å². The van der Waals surface area contributed by atoms with Gasteiger partial charge in [0.25, 0.3) is 0 Å². The average molecular weight is 387 g/mol. The summed E-state index contributed by atoms with van der Waals surface area (Å²) >= 11 is 1.87. The molecule has 0 radical (unpaired) electrons. The lowest BCUT2D eigenvalue weighted by Crippen LogP contribution is -2.44. The Morgan fingerprint density at radius 1 is 1.33 bits per heavy atom. The van der Waals surface area contributed by atoms with Crippen LogP contribution in [0, 0.1) is 12.3 Å². The van der Waals surface area contributed by atoms with Crippen molar-refractivity contribution in [2.24, 2.45) is 5.41 Å². The molecule has 148 valence electrons. The van der Waals surface area contributed by atoms with Crippen molar-refractivity contribution in [2.75, 3.05) is 19.7 Å². The molecule has 0 aromatic carbocycles. The Morgan fingerprint density at radius 3 is 2.78 bits per heavy atom. The van der Waals surface area contributed by atoms with Crippen LogP contribution in [0.3, 0.4) is 0 Å². The predicted octanol–water partition coefficient (Wildman–Crippen LogP) is 5.44. The van der Waals surface area contributed by atoms with Gasteiger partial charge in [-0.15, -0.1) is 11.3 Å². The molecule has 3 nitrogen and oxygen atoms in total. The lowest BCUT2D eigenvalue weighted by Gasteiger charge is -2.40. The molecule has 3 rings (SSSR count). The summed E-state index contributed by atoms with van der Waals surface area (Å²) < 4.78 is 6.15. The van der Waals surface area contributed by atoms with Crippen LogP contribution in [0.25, 0.3) is 0 Å². The van der Waals surface area contributed by atoms with E-state index in [0.717, 1.165) is 31.8 Å². The Kier molecular flexibility index (Phi) is 6.39. The number of likely N-dealkylation sites (tertiary alicyclic amines) is 1. The third-order valence-corrected chi connectivity index (χ3v) is 7.46. The molecule has 0 N–H and O–H groups in total. The second-order valence-corrected chi connectivity index (χ2v) is 9.49. The Labute approximate surface area is 168 Å². The van der Waals surface area contributed by atoms with Crippen molar-refractivity contribution < 1.29 is 4.74 Å². The smallest absolute Gasteiger partial charge is 0.0615 e. The van der Waals surface area contributed by atoms with Crippen LogP contribution in [0.4, 0.5) is 0 Å². The minimum absolute atomic E-state index is 0.0166. The van der Waals surface area contributed by atoms with Crippen molar-refractivity contribution in [3.63, 3.8) is 0 Å². The zero-order valence-corrected chi connectivity index (χ0v) is 18.3. The van der Waals surface area contributed by atoms with E-state index < -0.39 is 0 Å². The molecule has 0 saturated carbocycles. The number of aromatic nitrogens is 1. The Hall–Kier alpha value is -1.23. The number of rotatable bonds is 8. The van der Waals surface area contributed by atoms with Crippen LogP contribution in [-0.4, -0.2) is 35.7 Å². The van der Waals surface area contributed by atoms with Crippen LogP contribution in [0.2, 0.25) is 0 Å². The van der Waals surface area contributed by atoms with Crippen LogP contribution < -0.4 is 0 Å². The number of aryl methyl sites for hydroxylation is 2. The SMILES string of the molecule is CCO[C@@H](C)C1(CCc2cccs2)CCN(C(C)(C)c2ccc(C)nc2)C1. The minimum atomic E-state index is -0.0166. The van der Waals surface area contributed by atoms with Gasteiger partial charge in [0.1, 0.15) is 0 Å². The lowest BCUT2D eigenvalue weighted by atomic mass is 9.77. The monoisotopic (exact) mass is 386 g/mol. The first kappa shape index (κ1) is 20.5. The maximum Gasteiger partial charge on any atom is 0.0615 e. The van der Waals surface area contributed by atoms with Gasteiger partial charge in [-0.3, -0.25) is 9.88 Å². The fourth-order valence-corrected chi connectivity index (χ4v) is 5.09. The molecule has 2 aromatic rings. The van der Waals surface area contributed by atoms with Crippen LogP contribution in [0.15, 0.2) is 35.8 Å². The molecule has 2 atom stereocenters. The van der Waals surface area contributed by atoms with Crippen LogP contribution in [0.5, 0.6) is 0 Å². The highest BCUT2D eigenvalue weighted by molar-refractivity contribution is 7.09. The molecule has 1 aliphatic rings. The summed E-state index contributed by atoms with van der Waals surface area (Å²) in [7, 11) is 0. The number of nitrogens with zero attached hydrogens (tertiary/aromatic N) is 2. The summed E-state index contributed by atoms with van der Waals surface area (Å²) in [6.07, 6.45) is 5.86. The van der Waals surface area contributed by atoms with E-state index in [9.17, 15) is 0 Å². The first-order chi connectivity index (χ1) is 12.9.